The minimum atomic E-state index is -1.02. The van der Waals surface area contributed by atoms with Gasteiger partial charge in [-0.1, -0.05) is 13.8 Å². The Hall–Kier alpha value is -1.24. The quantitative estimate of drug-likeness (QED) is 0.305. The summed E-state index contributed by atoms with van der Waals surface area (Å²) < 4.78 is 5.49. The number of hydrogen-bond acceptors (Lipinski definition) is 5. The molecule has 140 valence electrons. The highest BCUT2D eigenvalue weighted by Crippen LogP contribution is 2.63. The van der Waals surface area contributed by atoms with Crippen LogP contribution in [0.25, 0.3) is 0 Å². The minimum Gasteiger partial charge on any atom is -0.351 e. The van der Waals surface area contributed by atoms with Crippen molar-refractivity contribution in [3.63, 3.8) is 0 Å². The monoisotopic (exact) mass is 351 g/mol. The van der Waals surface area contributed by atoms with Gasteiger partial charge in [0, 0.05) is 32.2 Å². The number of imide groups is 1. The first-order valence-electron chi connectivity index (χ1n) is 9.07. The molecule has 3 saturated carbocycles. The fraction of sp³-hybridized carbons (Fsp3) is 0.789. The fourth-order valence-electron chi connectivity index (χ4n) is 4.60. The van der Waals surface area contributed by atoms with E-state index >= 15 is 0 Å². The Bertz CT molecular complexity index is 581. The third-order valence-corrected chi connectivity index (χ3v) is 6.73. The van der Waals surface area contributed by atoms with Crippen LogP contribution >= 0.6 is 0 Å². The molecule has 0 aromatic carbocycles. The van der Waals surface area contributed by atoms with Crippen LogP contribution in [0.5, 0.6) is 0 Å². The first kappa shape index (κ1) is 18.5. The molecule has 0 spiro atoms. The largest absolute Gasteiger partial charge is 0.351 e. The molecule has 4 unspecified atom stereocenters. The highest BCUT2D eigenvalue weighted by molar-refractivity contribution is 6.12. The number of hydrogen-bond donors (Lipinski definition) is 0. The molecule has 2 amide bonds. The molecule has 6 heteroatoms. The predicted molar refractivity (Wildman–Crippen MR) is 91.1 cm³/mol. The van der Waals surface area contributed by atoms with Crippen LogP contribution in [0.1, 0.15) is 53.4 Å². The molecule has 1 heterocycles. The van der Waals surface area contributed by atoms with Crippen molar-refractivity contribution >= 4 is 11.8 Å². The van der Waals surface area contributed by atoms with E-state index in [-0.39, 0.29) is 29.4 Å². The molecule has 4 atom stereocenters. The molecule has 4 aliphatic rings. The van der Waals surface area contributed by atoms with E-state index < -0.39 is 5.79 Å². The summed E-state index contributed by atoms with van der Waals surface area (Å²) in [6.07, 6.45) is 6.20. The Kier molecular flexibility index (Phi) is 4.58. The van der Waals surface area contributed by atoms with Crippen LogP contribution < -0.4 is 0 Å². The Morgan fingerprint density at radius 1 is 1.24 bits per heavy atom. The maximum atomic E-state index is 11.7. The van der Waals surface area contributed by atoms with E-state index in [4.69, 9.17) is 14.5 Å². The van der Waals surface area contributed by atoms with Crippen LogP contribution in [0.15, 0.2) is 12.2 Å². The number of rotatable bonds is 7. The molecule has 3 aliphatic carbocycles. The van der Waals surface area contributed by atoms with Gasteiger partial charge in [0.25, 0.3) is 11.8 Å². The number of amides is 2. The van der Waals surface area contributed by atoms with E-state index in [9.17, 15) is 9.59 Å². The van der Waals surface area contributed by atoms with Crippen LogP contribution in [-0.4, -0.2) is 41.8 Å². The van der Waals surface area contributed by atoms with Gasteiger partial charge in [-0.3, -0.25) is 14.5 Å². The molecule has 4 rings (SSSR count). The van der Waals surface area contributed by atoms with Gasteiger partial charge in [-0.05, 0) is 50.4 Å². The summed E-state index contributed by atoms with van der Waals surface area (Å²) in [6.45, 7) is 8.72. The number of nitrogens with zero attached hydrogens (tertiary/aromatic N) is 1. The second kappa shape index (κ2) is 6.18. The molecule has 1 aliphatic heterocycles. The molecular weight excluding hydrogens is 322 g/mol. The van der Waals surface area contributed by atoms with Crippen LogP contribution in [-0.2, 0) is 24.1 Å². The van der Waals surface area contributed by atoms with Gasteiger partial charge in [0.1, 0.15) is 5.60 Å². The van der Waals surface area contributed by atoms with Crippen LogP contribution in [0.2, 0.25) is 0 Å². The molecule has 0 saturated heterocycles. The molecule has 0 aromatic heterocycles. The first-order chi connectivity index (χ1) is 11.6. The molecule has 2 bridgehead atoms. The first-order valence-corrected chi connectivity index (χ1v) is 9.07. The molecule has 3 fully saturated rings. The zero-order valence-corrected chi connectivity index (χ0v) is 15.8. The molecule has 0 aromatic rings. The number of fused-ring (bicyclic) bond motifs is 2. The average molecular weight is 351 g/mol. The third kappa shape index (κ3) is 3.15. The van der Waals surface area contributed by atoms with Crippen LogP contribution in [0.4, 0.5) is 0 Å². The molecular formula is C19H29NO5. The Morgan fingerprint density at radius 2 is 1.88 bits per heavy atom. The summed E-state index contributed by atoms with van der Waals surface area (Å²) in [5, 5.41) is 0. The van der Waals surface area contributed by atoms with Crippen LogP contribution in [0.3, 0.4) is 0 Å². The van der Waals surface area contributed by atoms with Crippen molar-refractivity contribution < 1.29 is 24.1 Å². The summed E-state index contributed by atoms with van der Waals surface area (Å²) >= 11 is 0. The molecule has 0 N–H and O–H groups in total. The second-order valence-electron chi connectivity index (χ2n) is 8.57. The summed E-state index contributed by atoms with van der Waals surface area (Å²) in [6, 6.07) is 0. The lowest BCUT2D eigenvalue weighted by molar-refractivity contribution is -0.478. The highest BCUT2D eigenvalue weighted by Gasteiger charge is 2.61. The van der Waals surface area contributed by atoms with Gasteiger partial charge in [-0.15, -0.1) is 0 Å². The third-order valence-electron chi connectivity index (χ3n) is 6.73. The van der Waals surface area contributed by atoms with E-state index in [1.807, 2.05) is 0 Å². The smallest absolute Gasteiger partial charge is 0.253 e. The zero-order chi connectivity index (χ0) is 18.5. The maximum Gasteiger partial charge on any atom is 0.253 e. The lowest BCUT2D eigenvalue weighted by atomic mass is 9.44. The zero-order valence-electron chi connectivity index (χ0n) is 15.8. The van der Waals surface area contributed by atoms with Crippen molar-refractivity contribution in [2.75, 3.05) is 13.7 Å². The topological polar surface area (TPSA) is 65.1 Å². The van der Waals surface area contributed by atoms with Gasteiger partial charge >= 0.3 is 0 Å². The standard InChI is InChI=1S/C19H29NO5/c1-17(2)13-8-9-18(3,14(17)12-13)24-25-19(4,23-5)10-11-20-15(21)6-7-16(20)22/h6-7,13-14H,8-12H2,1-5H3. The van der Waals surface area contributed by atoms with Gasteiger partial charge in [-0.25, -0.2) is 9.78 Å². The lowest BCUT2D eigenvalue weighted by Crippen LogP contribution is -2.61. The minimum absolute atomic E-state index is 0.228. The number of carbonyl (C=O) groups is 2. The van der Waals surface area contributed by atoms with Gasteiger partial charge in [-0.2, -0.15) is 0 Å². The number of carbonyl (C=O) groups excluding carboxylic acids is 2. The van der Waals surface area contributed by atoms with Crippen molar-refractivity contribution in [2.24, 2.45) is 17.3 Å². The SMILES string of the molecule is COC(C)(CCN1C(=O)C=CC1=O)OOC1(C)CCC2CC1C2(C)C. The summed E-state index contributed by atoms with van der Waals surface area (Å²) in [5.41, 5.74) is -0.0568. The highest BCUT2D eigenvalue weighted by atomic mass is 17.2. The fourth-order valence-corrected chi connectivity index (χ4v) is 4.60. The van der Waals surface area contributed by atoms with Gasteiger partial charge in [0.15, 0.2) is 5.79 Å². The summed E-state index contributed by atoms with van der Waals surface area (Å²) in [7, 11) is 1.54. The van der Waals surface area contributed by atoms with E-state index in [0.29, 0.717) is 12.3 Å². The number of methoxy groups -OCH3 is 1. The summed E-state index contributed by atoms with van der Waals surface area (Å²) in [4.78, 5) is 36.2. The van der Waals surface area contributed by atoms with Crippen molar-refractivity contribution in [3.8, 4) is 0 Å². The Balaban J connectivity index is 1.58. The van der Waals surface area contributed by atoms with Gasteiger partial charge in [0.05, 0.1) is 0 Å². The van der Waals surface area contributed by atoms with Gasteiger partial charge < -0.3 is 4.74 Å². The molecule has 6 nitrogen and oxygen atoms in total. The van der Waals surface area contributed by atoms with E-state index in [1.165, 1.54) is 23.5 Å². The van der Waals surface area contributed by atoms with Crippen molar-refractivity contribution in [1.29, 1.82) is 0 Å². The van der Waals surface area contributed by atoms with Crippen molar-refractivity contribution in [3.05, 3.63) is 12.2 Å². The Morgan fingerprint density at radius 3 is 2.40 bits per heavy atom. The molecule has 0 radical (unpaired) electrons. The van der Waals surface area contributed by atoms with Gasteiger partial charge in [0.2, 0.25) is 0 Å². The van der Waals surface area contributed by atoms with Crippen molar-refractivity contribution in [2.45, 2.75) is 64.8 Å². The normalized spacial score (nSPS) is 35.6. The summed E-state index contributed by atoms with van der Waals surface area (Å²) in [5.74, 6) is -0.373. The van der Waals surface area contributed by atoms with E-state index in [0.717, 1.165) is 18.8 Å². The lowest BCUT2D eigenvalue weighted by Gasteiger charge is -2.63. The maximum absolute atomic E-state index is 11.7. The predicted octanol–water partition coefficient (Wildman–Crippen LogP) is 2.83. The van der Waals surface area contributed by atoms with Crippen molar-refractivity contribution in [1.82, 2.24) is 4.90 Å². The second-order valence-corrected chi connectivity index (χ2v) is 8.57. The van der Waals surface area contributed by atoms with E-state index in [2.05, 4.69) is 20.8 Å². The molecule has 25 heavy (non-hydrogen) atoms. The van der Waals surface area contributed by atoms with Crippen LogP contribution in [0, 0.1) is 17.3 Å². The Labute approximate surface area is 149 Å². The number of ether oxygens (including phenoxy) is 1. The van der Waals surface area contributed by atoms with E-state index in [1.54, 1.807) is 14.0 Å². The average Bonchev–Trinajstić information content (AvgIpc) is 2.89.